The molecule has 5 heteroatoms. The number of benzene rings is 1. The van der Waals surface area contributed by atoms with Gasteiger partial charge in [-0.15, -0.1) is 0 Å². The highest BCUT2D eigenvalue weighted by molar-refractivity contribution is 5.94. The van der Waals surface area contributed by atoms with E-state index in [0.29, 0.717) is 12.0 Å². The number of amides is 1. The van der Waals surface area contributed by atoms with Gasteiger partial charge in [0.25, 0.3) is 5.91 Å². The second kappa shape index (κ2) is 7.39. The minimum Gasteiger partial charge on any atom is -0.334 e. The lowest BCUT2D eigenvalue weighted by molar-refractivity contribution is 0.0253. The van der Waals surface area contributed by atoms with Gasteiger partial charge >= 0.3 is 0 Å². The van der Waals surface area contributed by atoms with Crippen LogP contribution in [0, 0.1) is 5.82 Å². The van der Waals surface area contributed by atoms with Crippen LogP contribution in [0.1, 0.15) is 54.2 Å². The first-order chi connectivity index (χ1) is 13.0. The number of pyridine rings is 1. The summed E-state index contributed by atoms with van der Waals surface area (Å²) in [5.41, 5.74) is 2.33. The highest BCUT2D eigenvalue weighted by Gasteiger charge is 2.44. The van der Waals surface area contributed by atoms with Crippen molar-refractivity contribution in [2.75, 3.05) is 13.1 Å². The molecule has 2 aliphatic heterocycles. The highest BCUT2D eigenvalue weighted by Crippen LogP contribution is 2.34. The van der Waals surface area contributed by atoms with Crippen molar-refractivity contribution in [3.63, 3.8) is 0 Å². The largest absolute Gasteiger partial charge is 0.334 e. The Bertz CT molecular complexity index is 836. The van der Waals surface area contributed by atoms with Gasteiger partial charge in [0.05, 0.1) is 0 Å². The Hall–Kier alpha value is -2.27. The Labute approximate surface area is 159 Å². The molecule has 3 heterocycles. The molecule has 1 N–H and O–H groups in total. The normalized spacial score (nSPS) is 25.1. The lowest BCUT2D eigenvalue weighted by atomic mass is 9.77. The topological polar surface area (TPSA) is 45.2 Å². The molecule has 2 saturated heterocycles. The molecule has 0 saturated carbocycles. The zero-order chi connectivity index (χ0) is 18.9. The third kappa shape index (κ3) is 3.74. The van der Waals surface area contributed by atoms with E-state index >= 15 is 0 Å². The SMILES string of the molecule is C[C@]12CCCN(C(=O)c3ccnc(Cc4cccc(F)c4)c3)[C@@H]1CCCN2. The summed E-state index contributed by atoms with van der Waals surface area (Å²) >= 11 is 0. The molecule has 4 nitrogen and oxygen atoms in total. The number of nitrogens with zero attached hydrogens (tertiary/aromatic N) is 2. The predicted molar refractivity (Wildman–Crippen MR) is 103 cm³/mol. The van der Waals surface area contributed by atoms with Crippen molar-refractivity contribution < 1.29 is 9.18 Å². The van der Waals surface area contributed by atoms with Gasteiger partial charge in [-0.2, -0.15) is 0 Å². The van der Waals surface area contributed by atoms with Crippen molar-refractivity contribution in [1.29, 1.82) is 0 Å². The van der Waals surface area contributed by atoms with Crippen molar-refractivity contribution >= 4 is 5.91 Å². The van der Waals surface area contributed by atoms with Crippen LogP contribution in [0.25, 0.3) is 0 Å². The van der Waals surface area contributed by atoms with Crippen molar-refractivity contribution in [2.45, 2.75) is 50.6 Å². The first-order valence-electron chi connectivity index (χ1n) is 9.80. The summed E-state index contributed by atoms with van der Waals surface area (Å²) in [6, 6.07) is 10.4. The second-order valence-electron chi connectivity index (χ2n) is 7.95. The maximum absolute atomic E-state index is 13.4. The summed E-state index contributed by atoms with van der Waals surface area (Å²) in [6.07, 6.45) is 6.49. The number of likely N-dealkylation sites (tertiary alicyclic amines) is 1. The zero-order valence-electron chi connectivity index (χ0n) is 15.7. The standard InChI is InChI=1S/C22H26FN3O/c1-22-9-4-12-26(20(22)7-3-10-25-22)21(27)17-8-11-24-19(15-17)14-16-5-2-6-18(23)13-16/h2,5-6,8,11,13,15,20,25H,3-4,7,9-10,12,14H2,1H3/t20-,22+/m1/s1. The van der Waals surface area contributed by atoms with Gasteiger partial charge in [-0.05, 0) is 69.0 Å². The van der Waals surface area contributed by atoms with Gasteiger partial charge in [-0.25, -0.2) is 4.39 Å². The van der Waals surface area contributed by atoms with Crippen LogP contribution in [-0.4, -0.2) is 40.5 Å². The third-order valence-corrected chi connectivity index (χ3v) is 5.99. The summed E-state index contributed by atoms with van der Waals surface area (Å²) in [5.74, 6) is -0.172. The zero-order valence-corrected chi connectivity index (χ0v) is 15.7. The van der Waals surface area contributed by atoms with Crippen molar-refractivity contribution in [2.24, 2.45) is 0 Å². The molecule has 0 radical (unpaired) electrons. The molecule has 0 spiro atoms. The highest BCUT2D eigenvalue weighted by atomic mass is 19.1. The minimum absolute atomic E-state index is 0.0174. The Morgan fingerprint density at radius 3 is 3.07 bits per heavy atom. The van der Waals surface area contributed by atoms with Gasteiger partial charge < -0.3 is 10.2 Å². The number of rotatable bonds is 3. The Kier molecular flexibility index (Phi) is 4.96. The van der Waals surface area contributed by atoms with Gasteiger partial charge in [0.1, 0.15) is 5.82 Å². The lowest BCUT2D eigenvalue weighted by Crippen LogP contribution is -2.65. The fourth-order valence-corrected chi connectivity index (χ4v) is 4.61. The van der Waals surface area contributed by atoms with Gasteiger partial charge in [0, 0.05) is 42.0 Å². The number of piperidine rings is 2. The van der Waals surface area contributed by atoms with Crippen LogP contribution < -0.4 is 5.32 Å². The number of halogens is 1. The van der Waals surface area contributed by atoms with E-state index in [-0.39, 0.29) is 23.3 Å². The van der Waals surface area contributed by atoms with E-state index in [2.05, 4.69) is 22.1 Å². The summed E-state index contributed by atoms with van der Waals surface area (Å²) in [5, 5.41) is 3.64. The quantitative estimate of drug-likeness (QED) is 0.902. The lowest BCUT2D eigenvalue weighted by Gasteiger charge is -2.51. The predicted octanol–water partition coefficient (Wildman–Crippen LogP) is 3.56. The van der Waals surface area contributed by atoms with E-state index in [1.165, 1.54) is 12.1 Å². The first-order valence-corrected chi connectivity index (χ1v) is 9.80. The molecule has 2 aliphatic rings. The van der Waals surface area contributed by atoms with Crippen LogP contribution in [0.15, 0.2) is 42.6 Å². The van der Waals surface area contributed by atoms with Crippen LogP contribution in [-0.2, 0) is 6.42 Å². The number of aromatic nitrogens is 1. The monoisotopic (exact) mass is 367 g/mol. The molecule has 2 fully saturated rings. The average Bonchev–Trinajstić information content (AvgIpc) is 2.66. The van der Waals surface area contributed by atoms with Gasteiger partial charge in [0.15, 0.2) is 0 Å². The average molecular weight is 367 g/mol. The summed E-state index contributed by atoms with van der Waals surface area (Å²) in [6.45, 7) is 4.09. The van der Waals surface area contributed by atoms with Crippen molar-refractivity contribution in [3.05, 3.63) is 65.2 Å². The molecule has 0 bridgehead atoms. The molecule has 0 aliphatic carbocycles. The molecule has 2 aromatic rings. The number of nitrogens with one attached hydrogen (secondary N) is 1. The van der Waals surface area contributed by atoms with Crippen LogP contribution in [0.5, 0.6) is 0 Å². The number of hydrogen-bond donors (Lipinski definition) is 1. The molecule has 1 aromatic carbocycles. The van der Waals surface area contributed by atoms with Crippen LogP contribution >= 0.6 is 0 Å². The van der Waals surface area contributed by atoms with Gasteiger partial charge in [-0.3, -0.25) is 9.78 Å². The number of fused-ring (bicyclic) bond motifs is 1. The molecular weight excluding hydrogens is 341 g/mol. The van der Waals surface area contributed by atoms with E-state index in [1.807, 2.05) is 12.1 Å². The molecular formula is C22H26FN3O. The number of carbonyl (C=O) groups excluding carboxylic acids is 1. The summed E-state index contributed by atoms with van der Waals surface area (Å²) < 4.78 is 13.4. The Balaban J connectivity index is 1.55. The van der Waals surface area contributed by atoms with E-state index in [4.69, 9.17) is 0 Å². The van der Waals surface area contributed by atoms with E-state index in [9.17, 15) is 9.18 Å². The van der Waals surface area contributed by atoms with Gasteiger partial charge in [-0.1, -0.05) is 12.1 Å². The fraction of sp³-hybridized carbons (Fsp3) is 0.455. The molecule has 1 aromatic heterocycles. The van der Waals surface area contributed by atoms with Gasteiger partial charge in [0.2, 0.25) is 0 Å². The maximum atomic E-state index is 13.4. The van der Waals surface area contributed by atoms with Crippen molar-refractivity contribution in [3.8, 4) is 0 Å². The molecule has 0 unspecified atom stereocenters. The summed E-state index contributed by atoms with van der Waals surface area (Å²) in [7, 11) is 0. The number of hydrogen-bond acceptors (Lipinski definition) is 3. The Morgan fingerprint density at radius 2 is 2.22 bits per heavy atom. The summed E-state index contributed by atoms with van der Waals surface area (Å²) in [4.78, 5) is 19.7. The molecule has 2 atom stereocenters. The van der Waals surface area contributed by atoms with E-state index < -0.39 is 0 Å². The molecule has 142 valence electrons. The second-order valence-corrected chi connectivity index (χ2v) is 7.95. The van der Waals surface area contributed by atoms with Crippen LogP contribution in [0.2, 0.25) is 0 Å². The number of carbonyl (C=O) groups is 1. The third-order valence-electron chi connectivity index (χ3n) is 5.99. The van der Waals surface area contributed by atoms with Crippen molar-refractivity contribution in [1.82, 2.24) is 15.2 Å². The van der Waals surface area contributed by atoms with Crippen LogP contribution in [0.4, 0.5) is 4.39 Å². The maximum Gasteiger partial charge on any atom is 0.254 e. The fourth-order valence-electron chi connectivity index (χ4n) is 4.61. The first kappa shape index (κ1) is 18.1. The molecule has 27 heavy (non-hydrogen) atoms. The molecule has 1 amide bonds. The smallest absolute Gasteiger partial charge is 0.254 e. The van der Waals surface area contributed by atoms with E-state index in [0.717, 1.165) is 50.0 Å². The molecule has 4 rings (SSSR count). The minimum atomic E-state index is -0.253. The Morgan fingerprint density at radius 1 is 1.33 bits per heavy atom. The van der Waals surface area contributed by atoms with E-state index in [1.54, 1.807) is 18.3 Å². The van der Waals surface area contributed by atoms with Crippen LogP contribution in [0.3, 0.4) is 0 Å².